The first-order valence-corrected chi connectivity index (χ1v) is 16.0. The molecule has 0 unspecified atom stereocenters. The molecule has 0 aliphatic rings. The van der Waals surface area contributed by atoms with Gasteiger partial charge < -0.3 is 31.0 Å². The number of aromatic carboxylic acids is 1. The number of fused-ring (bicyclic) bond motifs is 1. The number of aromatic hydroxyl groups is 1. The summed E-state index contributed by atoms with van der Waals surface area (Å²) in [7, 11) is -4.70. The average molecular weight is 731 g/mol. The summed E-state index contributed by atoms with van der Waals surface area (Å²) in [6.07, 6.45) is 0. The Morgan fingerprint density at radius 2 is 1.13 bits per heavy atom. The number of phenols is 1. The minimum Gasteiger partial charge on any atom is -0.744 e. The second kappa shape index (κ2) is 17.1. The Morgan fingerprint density at radius 3 is 1.73 bits per heavy atom. The van der Waals surface area contributed by atoms with Crippen LogP contribution in [-0.2, 0) is 10.1 Å². The van der Waals surface area contributed by atoms with Gasteiger partial charge in [-0.3, -0.25) is 0 Å². The zero-order valence-corrected chi connectivity index (χ0v) is 32.5. The molecule has 248 valence electrons. The maximum atomic E-state index is 11.7. The first kappa shape index (κ1) is 39.9. The number of carbonyl (C=O) groups excluding carboxylic acids is 1. The zero-order chi connectivity index (χ0) is 35.4. The van der Waals surface area contributed by atoms with Crippen molar-refractivity contribution < 1.29 is 87.1 Å². The second-order valence-electron chi connectivity index (χ2n) is 10.7. The number of carboxylic acid groups (broad SMARTS) is 1. The average Bonchev–Trinajstić information content (AvgIpc) is 3.10. The summed E-state index contributed by atoms with van der Waals surface area (Å²) in [4.78, 5) is 10.8. The van der Waals surface area contributed by atoms with E-state index in [9.17, 15) is 28.0 Å². The first-order valence-electron chi connectivity index (χ1n) is 14.6. The summed E-state index contributed by atoms with van der Waals surface area (Å²) in [5.41, 5.74) is 16.3. The maximum absolute atomic E-state index is 11.7. The number of hydrogen-bond donors (Lipinski definition) is 3. The van der Waals surface area contributed by atoms with Gasteiger partial charge in [-0.2, -0.15) is 15.3 Å². The van der Waals surface area contributed by atoms with Crippen LogP contribution in [0.2, 0.25) is 0 Å². The van der Waals surface area contributed by atoms with Crippen molar-refractivity contribution in [1.29, 1.82) is 0 Å². The van der Waals surface area contributed by atoms with E-state index < -0.39 is 21.8 Å². The maximum Gasteiger partial charge on any atom is 1.00 e. The van der Waals surface area contributed by atoms with Crippen molar-refractivity contribution in [1.82, 2.24) is 0 Å². The van der Waals surface area contributed by atoms with Crippen LogP contribution in [-0.4, -0.2) is 24.0 Å². The molecule has 0 spiro atoms. The van der Waals surface area contributed by atoms with E-state index in [0.717, 1.165) is 11.1 Å². The van der Waals surface area contributed by atoms with Crippen LogP contribution in [0.25, 0.3) is 21.9 Å². The van der Waals surface area contributed by atoms with Crippen LogP contribution in [0.1, 0.15) is 10.4 Å². The van der Waals surface area contributed by atoms with Crippen LogP contribution in [0.3, 0.4) is 0 Å². The number of carboxylic acids is 1. The minimum absolute atomic E-state index is 0. The molecule has 0 radical (unpaired) electrons. The quantitative estimate of drug-likeness (QED) is 0.0856. The van der Waals surface area contributed by atoms with Gasteiger partial charge in [0.05, 0.1) is 45.0 Å². The normalized spacial score (nSPS) is 11.6. The monoisotopic (exact) mass is 730 g/mol. The summed E-state index contributed by atoms with van der Waals surface area (Å²) >= 11 is 0. The number of benzene rings is 6. The molecule has 0 amide bonds. The predicted molar refractivity (Wildman–Crippen MR) is 184 cm³/mol. The van der Waals surface area contributed by atoms with Gasteiger partial charge in [0.15, 0.2) is 0 Å². The molecule has 0 fully saturated rings. The SMILES string of the molecule is Nc1ccc(N=Nc2ccc(S(=O)(=O)[O-])c3ccccc23)c(N)c1N=Nc1ccc(-c2ccc(N=Nc3ccc(O)c(C(=O)[O-])c3)cc2)cc1.[Na+].[Na+]. The molecule has 0 saturated carbocycles. The topological polar surface area (TPSA) is 244 Å². The second-order valence-corrected chi connectivity index (χ2v) is 12.0. The molecule has 5 N–H and O–H groups in total. The van der Waals surface area contributed by atoms with Crippen molar-refractivity contribution in [3.8, 4) is 16.9 Å². The third kappa shape index (κ3) is 9.14. The van der Waals surface area contributed by atoms with Crippen LogP contribution in [0, 0.1) is 0 Å². The Bertz CT molecular complexity index is 2480. The standard InChI is InChI=1S/C35H26N8O6S.2Na/c36-28-14-15-30(42-41-29-16-18-32(50(47,48)49)26-4-2-1-3-25(26)29)33(37)34(28)43-39-23-11-7-21(8-12-23)20-5-9-22(10-6-20)38-40-24-13-17-31(44)27(19-24)35(45)46;;/h1-19,44H,36-37H2,(H,45,46)(H,47,48,49);;/q;2*+1/p-2. The van der Waals surface area contributed by atoms with Gasteiger partial charge in [0.1, 0.15) is 27.2 Å². The number of hydrogen-bond acceptors (Lipinski definition) is 14. The Morgan fingerprint density at radius 1 is 0.615 bits per heavy atom. The largest absolute Gasteiger partial charge is 1.00 e. The van der Waals surface area contributed by atoms with Crippen molar-refractivity contribution in [3.05, 3.63) is 121 Å². The van der Waals surface area contributed by atoms with E-state index >= 15 is 0 Å². The molecule has 6 rings (SSSR count). The molecule has 0 aliphatic carbocycles. The Hall–Kier alpha value is -4.84. The van der Waals surface area contributed by atoms with Gasteiger partial charge in [-0.1, -0.05) is 48.5 Å². The molecule has 0 atom stereocenters. The van der Waals surface area contributed by atoms with Gasteiger partial charge >= 0.3 is 59.1 Å². The van der Waals surface area contributed by atoms with E-state index in [2.05, 4.69) is 30.7 Å². The fraction of sp³-hybridized carbons (Fsp3) is 0. The van der Waals surface area contributed by atoms with Gasteiger partial charge in [-0.05, 0) is 77.9 Å². The van der Waals surface area contributed by atoms with Gasteiger partial charge in [0.2, 0.25) is 0 Å². The fourth-order valence-corrected chi connectivity index (χ4v) is 5.58. The Kier molecular flexibility index (Phi) is 13.1. The number of azo groups is 3. The summed E-state index contributed by atoms with van der Waals surface area (Å²) in [6.45, 7) is 0. The molecule has 0 aliphatic heterocycles. The van der Waals surface area contributed by atoms with E-state index in [1.807, 2.05) is 24.3 Å². The van der Waals surface area contributed by atoms with Gasteiger partial charge in [0, 0.05) is 16.3 Å². The summed E-state index contributed by atoms with van der Waals surface area (Å²) < 4.78 is 35.1. The number of nitrogens with zero attached hydrogens (tertiary/aromatic N) is 6. The Labute approximate surface area is 341 Å². The van der Waals surface area contributed by atoms with Crippen molar-refractivity contribution in [2.45, 2.75) is 4.90 Å². The molecular weight excluding hydrogens is 706 g/mol. The molecule has 0 saturated heterocycles. The molecule has 0 aromatic heterocycles. The van der Waals surface area contributed by atoms with Crippen LogP contribution < -0.4 is 75.7 Å². The van der Waals surface area contributed by atoms with Crippen LogP contribution in [0.15, 0.2) is 151 Å². The molecule has 52 heavy (non-hydrogen) atoms. The molecule has 6 aromatic rings. The Balaban J connectivity index is 0.00000302. The summed E-state index contributed by atoms with van der Waals surface area (Å²) in [5.74, 6) is -1.93. The first-order chi connectivity index (χ1) is 24.0. The number of nitrogen functional groups attached to an aromatic ring is 2. The fourth-order valence-electron chi connectivity index (χ4n) is 4.90. The van der Waals surface area contributed by atoms with E-state index in [1.54, 1.807) is 54.6 Å². The molecule has 6 aromatic carbocycles. The molecule has 17 heteroatoms. The molecular formula is C35H24N8Na2O6S. The van der Waals surface area contributed by atoms with Crippen LogP contribution in [0.5, 0.6) is 5.75 Å². The molecule has 14 nitrogen and oxygen atoms in total. The number of rotatable bonds is 9. The smallest absolute Gasteiger partial charge is 0.744 e. The van der Waals surface area contributed by atoms with E-state index in [1.165, 1.54) is 36.4 Å². The van der Waals surface area contributed by atoms with Gasteiger partial charge in [0.25, 0.3) is 0 Å². The predicted octanol–water partition coefficient (Wildman–Crippen LogP) is 1.90. The van der Waals surface area contributed by atoms with E-state index in [4.69, 9.17) is 11.5 Å². The van der Waals surface area contributed by atoms with Gasteiger partial charge in [-0.25, -0.2) is 8.42 Å². The molecule has 0 heterocycles. The van der Waals surface area contributed by atoms with Crippen LogP contribution >= 0.6 is 0 Å². The minimum atomic E-state index is -4.70. The third-order valence-corrected chi connectivity index (χ3v) is 8.33. The van der Waals surface area contributed by atoms with Crippen LogP contribution in [0.4, 0.5) is 45.5 Å². The van der Waals surface area contributed by atoms with Crippen molar-refractivity contribution in [3.63, 3.8) is 0 Å². The summed E-state index contributed by atoms with van der Waals surface area (Å²) in [6, 6.07) is 30.4. The van der Waals surface area contributed by atoms with Crippen molar-refractivity contribution >= 4 is 72.4 Å². The van der Waals surface area contributed by atoms with Crippen molar-refractivity contribution in [2.75, 3.05) is 11.5 Å². The van der Waals surface area contributed by atoms with E-state index in [-0.39, 0.29) is 103 Å². The summed E-state index contributed by atoms with van der Waals surface area (Å²) in [5, 5.41) is 46.6. The van der Waals surface area contributed by atoms with Gasteiger partial charge in [-0.15, -0.1) is 15.3 Å². The number of nitrogens with two attached hydrogens (primary N) is 2. The van der Waals surface area contributed by atoms with Crippen molar-refractivity contribution in [2.24, 2.45) is 30.7 Å². The zero-order valence-electron chi connectivity index (χ0n) is 27.7. The third-order valence-electron chi connectivity index (χ3n) is 7.44. The number of carbonyl (C=O) groups is 1. The number of anilines is 2. The van der Waals surface area contributed by atoms with E-state index in [0.29, 0.717) is 22.4 Å². The molecule has 0 bridgehead atoms.